The van der Waals surface area contributed by atoms with Gasteiger partial charge in [0.15, 0.2) is 0 Å². The summed E-state index contributed by atoms with van der Waals surface area (Å²) in [6, 6.07) is 1.83. The van der Waals surface area contributed by atoms with Gasteiger partial charge >= 0.3 is 0 Å². The summed E-state index contributed by atoms with van der Waals surface area (Å²) in [5.74, 6) is 0.727. The van der Waals surface area contributed by atoms with Crippen LogP contribution in [-0.4, -0.2) is 41.0 Å². The third-order valence-electron chi connectivity index (χ3n) is 3.37. The Morgan fingerprint density at radius 3 is 2.47 bits per heavy atom. The standard InChI is InChI=1S/C11H18N4/c1-15(2)11(5-3-6-11)9-14-10-12-7-4-8-13-10/h4,7-8H,3,5-6,9H2,1-2H3,(H,12,13,14). The highest BCUT2D eigenvalue weighted by Crippen LogP contribution is 2.35. The molecule has 0 bridgehead atoms. The highest BCUT2D eigenvalue weighted by molar-refractivity contribution is 5.24. The van der Waals surface area contributed by atoms with Crippen LogP contribution in [0.3, 0.4) is 0 Å². The van der Waals surface area contributed by atoms with Crippen LogP contribution in [0.25, 0.3) is 0 Å². The minimum absolute atomic E-state index is 0.319. The Hall–Kier alpha value is -1.16. The van der Waals surface area contributed by atoms with Gasteiger partial charge in [-0.15, -0.1) is 0 Å². The summed E-state index contributed by atoms with van der Waals surface area (Å²) in [5.41, 5.74) is 0.319. The lowest BCUT2D eigenvalue weighted by atomic mass is 9.75. The van der Waals surface area contributed by atoms with E-state index in [9.17, 15) is 0 Å². The van der Waals surface area contributed by atoms with Crippen molar-refractivity contribution < 1.29 is 0 Å². The SMILES string of the molecule is CN(C)C1(CNc2ncccn2)CCC1. The molecule has 0 spiro atoms. The normalized spacial score (nSPS) is 18.6. The van der Waals surface area contributed by atoms with Gasteiger partial charge in [0.1, 0.15) is 0 Å². The first-order chi connectivity index (χ1) is 7.23. The molecule has 2 rings (SSSR count). The van der Waals surface area contributed by atoms with E-state index in [4.69, 9.17) is 0 Å². The number of aromatic nitrogens is 2. The van der Waals surface area contributed by atoms with E-state index in [0.717, 1.165) is 12.5 Å². The molecule has 1 fully saturated rings. The van der Waals surface area contributed by atoms with Crippen molar-refractivity contribution in [2.75, 3.05) is 26.0 Å². The van der Waals surface area contributed by atoms with Crippen LogP contribution < -0.4 is 5.32 Å². The molecule has 15 heavy (non-hydrogen) atoms. The summed E-state index contributed by atoms with van der Waals surface area (Å²) < 4.78 is 0. The number of nitrogens with zero attached hydrogens (tertiary/aromatic N) is 3. The van der Waals surface area contributed by atoms with E-state index in [1.807, 2.05) is 6.07 Å². The van der Waals surface area contributed by atoms with Gasteiger partial charge < -0.3 is 10.2 Å². The molecule has 4 heteroatoms. The molecular formula is C11H18N4. The third kappa shape index (κ3) is 2.09. The average Bonchev–Trinajstić information content (AvgIpc) is 2.17. The molecule has 0 amide bonds. The third-order valence-corrected chi connectivity index (χ3v) is 3.37. The fourth-order valence-corrected chi connectivity index (χ4v) is 2.00. The monoisotopic (exact) mass is 206 g/mol. The Labute approximate surface area is 90.7 Å². The largest absolute Gasteiger partial charge is 0.352 e. The van der Waals surface area contributed by atoms with Gasteiger partial charge in [0.2, 0.25) is 5.95 Å². The minimum Gasteiger partial charge on any atom is -0.352 e. The number of anilines is 1. The van der Waals surface area contributed by atoms with E-state index in [1.165, 1.54) is 19.3 Å². The molecule has 1 saturated carbocycles. The second kappa shape index (κ2) is 4.14. The van der Waals surface area contributed by atoms with Crippen molar-refractivity contribution in [1.29, 1.82) is 0 Å². The van der Waals surface area contributed by atoms with Gasteiger partial charge in [-0.2, -0.15) is 0 Å². The van der Waals surface area contributed by atoms with Gasteiger partial charge in [0, 0.05) is 24.5 Å². The first-order valence-electron chi connectivity index (χ1n) is 5.41. The van der Waals surface area contributed by atoms with Gasteiger partial charge in [-0.3, -0.25) is 0 Å². The molecule has 1 N–H and O–H groups in total. The lowest BCUT2D eigenvalue weighted by molar-refractivity contribution is 0.0737. The molecule has 0 unspecified atom stereocenters. The zero-order valence-corrected chi connectivity index (χ0v) is 9.40. The first-order valence-corrected chi connectivity index (χ1v) is 5.41. The van der Waals surface area contributed by atoms with Gasteiger partial charge in [-0.25, -0.2) is 9.97 Å². The maximum absolute atomic E-state index is 4.16. The lowest BCUT2D eigenvalue weighted by Crippen LogP contribution is -2.54. The molecule has 0 atom stereocenters. The Kier molecular flexibility index (Phi) is 2.86. The van der Waals surface area contributed by atoms with E-state index >= 15 is 0 Å². The van der Waals surface area contributed by atoms with Crippen molar-refractivity contribution in [3.05, 3.63) is 18.5 Å². The highest BCUT2D eigenvalue weighted by atomic mass is 15.2. The van der Waals surface area contributed by atoms with E-state index in [2.05, 4.69) is 34.3 Å². The number of rotatable bonds is 4. The molecule has 4 nitrogen and oxygen atoms in total. The summed E-state index contributed by atoms with van der Waals surface area (Å²) in [5, 5.41) is 3.30. The topological polar surface area (TPSA) is 41.0 Å². The quantitative estimate of drug-likeness (QED) is 0.808. The summed E-state index contributed by atoms with van der Waals surface area (Å²) in [4.78, 5) is 10.6. The van der Waals surface area contributed by atoms with E-state index in [1.54, 1.807) is 12.4 Å². The average molecular weight is 206 g/mol. The van der Waals surface area contributed by atoms with Crippen molar-refractivity contribution in [2.45, 2.75) is 24.8 Å². The Morgan fingerprint density at radius 2 is 2.00 bits per heavy atom. The summed E-state index contributed by atoms with van der Waals surface area (Å²) in [6.07, 6.45) is 7.38. The number of likely N-dealkylation sites (N-methyl/N-ethyl adjacent to an activating group) is 1. The molecule has 1 aromatic rings. The van der Waals surface area contributed by atoms with Crippen molar-refractivity contribution in [3.63, 3.8) is 0 Å². The van der Waals surface area contributed by atoms with Crippen LogP contribution in [0.5, 0.6) is 0 Å². The van der Waals surface area contributed by atoms with Crippen molar-refractivity contribution >= 4 is 5.95 Å². The van der Waals surface area contributed by atoms with Crippen LogP contribution >= 0.6 is 0 Å². The molecule has 82 valence electrons. The zero-order chi connectivity index (χ0) is 10.7. The lowest BCUT2D eigenvalue weighted by Gasteiger charge is -2.47. The van der Waals surface area contributed by atoms with Gasteiger partial charge in [0.05, 0.1) is 0 Å². The molecule has 1 aliphatic rings. The molecular weight excluding hydrogens is 188 g/mol. The van der Waals surface area contributed by atoms with Crippen LogP contribution in [0.4, 0.5) is 5.95 Å². The molecule has 0 saturated heterocycles. The summed E-state index contributed by atoms with van der Waals surface area (Å²) in [6.45, 7) is 0.935. The number of hydrogen-bond acceptors (Lipinski definition) is 4. The summed E-state index contributed by atoms with van der Waals surface area (Å²) >= 11 is 0. The predicted molar refractivity (Wildman–Crippen MR) is 60.8 cm³/mol. The van der Waals surface area contributed by atoms with E-state index in [-0.39, 0.29) is 0 Å². The van der Waals surface area contributed by atoms with Gasteiger partial charge in [-0.1, -0.05) is 0 Å². The second-order valence-electron chi connectivity index (χ2n) is 4.40. The zero-order valence-electron chi connectivity index (χ0n) is 9.40. The van der Waals surface area contributed by atoms with Crippen molar-refractivity contribution in [2.24, 2.45) is 0 Å². The van der Waals surface area contributed by atoms with Crippen LogP contribution in [0, 0.1) is 0 Å². The van der Waals surface area contributed by atoms with Crippen LogP contribution in [0.2, 0.25) is 0 Å². The van der Waals surface area contributed by atoms with E-state index in [0.29, 0.717) is 5.54 Å². The molecule has 1 aliphatic carbocycles. The maximum atomic E-state index is 4.16. The molecule has 1 heterocycles. The van der Waals surface area contributed by atoms with E-state index < -0.39 is 0 Å². The Morgan fingerprint density at radius 1 is 1.33 bits per heavy atom. The van der Waals surface area contributed by atoms with Crippen LogP contribution in [0.15, 0.2) is 18.5 Å². The van der Waals surface area contributed by atoms with Crippen LogP contribution in [0.1, 0.15) is 19.3 Å². The molecule has 0 radical (unpaired) electrons. The first kappa shape index (κ1) is 10.4. The Bertz CT molecular complexity index is 306. The summed E-state index contributed by atoms with van der Waals surface area (Å²) in [7, 11) is 4.29. The van der Waals surface area contributed by atoms with Gasteiger partial charge in [0.25, 0.3) is 0 Å². The molecule has 0 aliphatic heterocycles. The van der Waals surface area contributed by atoms with Crippen molar-refractivity contribution in [3.8, 4) is 0 Å². The smallest absolute Gasteiger partial charge is 0.222 e. The number of hydrogen-bond donors (Lipinski definition) is 1. The Balaban J connectivity index is 1.92. The van der Waals surface area contributed by atoms with Crippen LogP contribution in [-0.2, 0) is 0 Å². The fourth-order valence-electron chi connectivity index (χ4n) is 2.00. The molecule has 1 aromatic heterocycles. The number of nitrogens with one attached hydrogen (secondary N) is 1. The maximum Gasteiger partial charge on any atom is 0.222 e. The van der Waals surface area contributed by atoms with Crippen molar-refractivity contribution in [1.82, 2.24) is 14.9 Å². The second-order valence-corrected chi connectivity index (χ2v) is 4.40. The van der Waals surface area contributed by atoms with Gasteiger partial charge in [-0.05, 0) is 39.4 Å². The highest BCUT2D eigenvalue weighted by Gasteiger charge is 2.38. The minimum atomic E-state index is 0.319. The fraction of sp³-hybridized carbons (Fsp3) is 0.636. The predicted octanol–water partition coefficient (Wildman–Crippen LogP) is 1.37. The molecule has 0 aromatic carbocycles.